The van der Waals surface area contributed by atoms with Crippen LogP contribution in [0.15, 0.2) is 28.7 Å². The number of benzene rings is 1. The summed E-state index contributed by atoms with van der Waals surface area (Å²) >= 11 is 3.62. The van der Waals surface area contributed by atoms with E-state index in [1.165, 1.54) is 0 Å². The van der Waals surface area contributed by atoms with Crippen molar-refractivity contribution in [1.29, 1.82) is 0 Å². The second-order valence-corrected chi connectivity index (χ2v) is 4.76. The fourth-order valence-electron chi connectivity index (χ4n) is 1.90. The van der Waals surface area contributed by atoms with Crippen molar-refractivity contribution < 1.29 is 4.74 Å². The van der Waals surface area contributed by atoms with Gasteiger partial charge >= 0.3 is 0 Å². The molecule has 0 unspecified atom stereocenters. The molecule has 0 aliphatic carbocycles. The van der Waals surface area contributed by atoms with Gasteiger partial charge in [0, 0.05) is 19.2 Å². The lowest BCUT2D eigenvalue weighted by atomic mass is 10.1. The zero-order valence-electron chi connectivity index (χ0n) is 10.7. The van der Waals surface area contributed by atoms with Crippen LogP contribution in [0.2, 0.25) is 0 Å². The van der Waals surface area contributed by atoms with E-state index in [4.69, 9.17) is 4.74 Å². The van der Waals surface area contributed by atoms with Crippen molar-refractivity contribution in [3.8, 4) is 17.0 Å². The molecule has 96 valence electrons. The van der Waals surface area contributed by atoms with Gasteiger partial charge in [0.05, 0.1) is 17.3 Å². The minimum atomic E-state index is 0.763. The van der Waals surface area contributed by atoms with Gasteiger partial charge in [-0.1, -0.05) is 12.1 Å². The maximum absolute atomic E-state index is 5.38. The Morgan fingerprint density at radius 2 is 2.11 bits per heavy atom. The molecule has 0 atom stereocenters. The van der Waals surface area contributed by atoms with E-state index in [-0.39, 0.29) is 0 Å². The monoisotopic (exact) mass is 309 g/mol. The van der Waals surface area contributed by atoms with E-state index in [2.05, 4.69) is 26.3 Å². The van der Waals surface area contributed by atoms with Gasteiger partial charge < -0.3 is 10.1 Å². The molecular formula is C13H16BrN3O. The molecule has 0 bridgehead atoms. The molecule has 2 aromatic rings. The Morgan fingerprint density at radius 1 is 1.39 bits per heavy atom. The van der Waals surface area contributed by atoms with Crippen LogP contribution in [0.3, 0.4) is 0 Å². The molecule has 0 fully saturated rings. The lowest BCUT2D eigenvalue weighted by molar-refractivity contribution is 0.416. The van der Waals surface area contributed by atoms with Gasteiger partial charge in [0.25, 0.3) is 0 Å². The standard InChI is InChI=1S/C13H16BrN3O/c1-15-8-10-12(14)13(16-17(10)2)9-6-4-5-7-11(9)18-3/h4-7,15H,8H2,1-3H3. The Morgan fingerprint density at radius 3 is 2.78 bits per heavy atom. The van der Waals surface area contributed by atoms with Gasteiger partial charge in [-0.15, -0.1) is 0 Å². The van der Waals surface area contributed by atoms with Gasteiger partial charge in [0.15, 0.2) is 0 Å². The summed E-state index contributed by atoms with van der Waals surface area (Å²) in [6, 6.07) is 7.88. The van der Waals surface area contributed by atoms with E-state index in [1.54, 1.807) is 7.11 Å². The van der Waals surface area contributed by atoms with Crippen LogP contribution in [-0.4, -0.2) is 23.9 Å². The Bertz CT molecular complexity index is 551. The zero-order chi connectivity index (χ0) is 13.1. The van der Waals surface area contributed by atoms with Crippen molar-refractivity contribution >= 4 is 15.9 Å². The number of rotatable bonds is 4. The topological polar surface area (TPSA) is 39.1 Å². The zero-order valence-corrected chi connectivity index (χ0v) is 12.3. The molecule has 1 N–H and O–H groups in total. The summed E-state index contributed by atoms with van der Waals surface area (Å²) in [7, 11) is 5.53. The third-order valence-corrected chi connectivity index (χ3v) is 3.64. The molecule has 0 radical (unpaired) electrons. The number of halogens is 1. The summed E-state index contributed by atoms with van der Waals surface area (Å²) in [5, 5.41) is 7.69. The number of aryl methyl sites for hydroxylation is 1. The van der Waals surface area contributed by atoms with Crippen LogP contribution < -0.4 is 10.1 Å². The average Bonchev–Trinajstić information content (AvgIpc) is 2.67. The van der Waals surface area contributed by atoms with Gasteiger partial charge in [-0.3, -0.25) is 4.68 Å². The molecule has 2 rings (SSSR count). The van der Waals surface area contributed by atoms with E-state index in [0.29, 0.717) is 0 Å². The maximum Gasteiger partial charge on any atom is 0.128 e. The maximum atomic E-state index is 5.38. The molecule has 0 aliphatic heterocycles. The fourth-order valence-corrected chi connectivity index (χ4v) is 2.59. The number of methoxy groups -OCH3 is 1. The summed E-state index contributed by atoms with van der Waals surface area (Å²) in [6.45, 7) is 0.763. The van der Waals surface area contributed by atoms with Crippen molar-refractivity contribution in [3.63, 3.8) is 0 Å². The predicted molar refractivity (Wildman–Crippen MR) is 75.7 cm³/mol. The van der Waals surface area contributed by atoms with E-state index < -0.39 is 0 Å². The first-order chi connectivity index (χ1) is 8.69. The van der Waals surface area contributed by atoms with Gasteiger partial charge in [0.2, 0.25) is 0 Å². The first kappa shape index (κ1) is 13.1. The number of ether oxygens (including phenoxy) is 1. The average molecular weight is 310 g/mol. The minimum Gasteiger partial charge on any atom is -0.496 e. The highest BCUT2D eigenvalue weighted by atomic mass is 79.9. The molecule has 1 heterocycles. The van der Waals surface area contributed by atoms with Crippen LogP contribution in [0, 0.1) is 0 Å². The van der Waals surface area contributed by atoms with Gasteiger partial charge in [-0.25, -0.2) is 0 Å². The lowest BCUT2D eigenvalue weighted by Gasteiger charge is -2.05. The molecule has 0 amide bonds. The Kier molecular flexibility index (Phi) is 4.04. The fraction of sp³-hybridized carbons (Fsp3) is 0.308. The first-order valence-corrected chi connectivity index (χ1v) is 6.47. The highest BCUT2D eigenvalue weighted by Crippen LogP contribution is 2.35. The number of para-hydroxylation sites is 1. The molecule has 1 aromatic heterocycles. The van der Waals surface area contributed by atoms with Crippen LogP contribution in [0.5, 0.6) is 5.75 Å². The Hall–Kier alpha value is -1.33. The van der Waals surface area contributed by atoms with E-state index in [0.717, 1.165) is 33.7 Å². The van der Waals surface area contributed by atoms with E-state index in [9.17, 15) is 0 Å². The summed E-state index contributed by atoms with van der Waals surface area (Å²) in [5.41, 5.74) is 3.00. The third-order valence-electron chi connectivity index (χ3n) is 2.81. The van der Waals surface area contributed by atoms with Crippen LogP contribution in [0.4, 0.5) is 0 Å². The van der Waals surface area contributed by atoms with Crippen LogP contribution in [0.25, 0.3) is 11.3 Å². The number of hydrogen-bond acceptors (Lipinski definition) is 3. The second kappa shape index (κ2) is 5.54. The molecule has 0 saturated heterocycles. The molecule has 1 aromatic carbocycles. The molecular weight excluding hydrogens is 294 g/mol. The first-order valence-electron chi connectivity index (χ1n) is 5.68. The number of aromatic nitrogens is 2. The predicted octanol–water partition coefficient (Wildman–Crippen LogP) is 2.58. The van der Waals surface area contributed by atoms with E-state index in [1.807, 2.05) is 43.0 Å². The SMILES string of the molecule is CNCc1c(Br)c(-c2ccccc2OC)nn1C. The molecule has 5 heteroatoms. The largest absolute Gasteiger partial charge is 0.496 e. The van der Waals surface area contributed by atoms with Crippen molar-refractivity contribution in [2.45, 2.75) is 6.54 Å². The van der Waals surface area contributed by atoms with Gasteiger partial charge in [0.1, 0.15) is 11.4 Å². The van der Waals surface area contributed by atoms with Crippen LogP contribution in [0.1, 0.15) is 5.69 Å². The quantitative estimate of drug-likeness (QED) is 0.943. The van der Waals surface area contributed by atoms with Crippen LogP contribution in [-0.2, 0) is 13.6 Å². The highest BCUT2D eigenvalue weighted by molar-refractivity contribution is 9.10. The van der Waals surface area contributed by atoms with Crippen molar-refractivity contribution in [1.82, 2.24) is 15.1 Å². The molecule has 0 spiro atoms. The minimum absolute atomic E-state index is 0.763. The molecule has 18 heavy (non-hydrogen) atoms. The molecule has 0 aliphatic rings. The van der Waals surface area contributed by atoms with Crippen LogP contribution >= 0.6 is 15.9 Å². The van der Waals surface area contributed by atoms with Gasteiger partial charge in [-0.05, 0) is 35.1 Å². The summed E-state index contributed by atoms with van der Waals surface area (Å²) < 4.78 is 8.26. The smallest absolute Gasteiger partial charge is 0.128 e. The lowest BCUT2D eigenvalue weighted by Crippen LogP contribution is -2.10. The molecule has 4 nitrogen and oxygen atoms in total. The highest BCUT2D eigenvalue weighted by Gasteiger charge is 2.17. The summed E-state index contributed by atoms with van der Waals surface area (Å²) in [5.74, 6) is 0.826. The normalized spacial score (nSPS) is 10.7. The number of hydrogen-bond donors (Lipinski definition) is 1. The molecule has 0 saturated carbocycles. The second-order valence-electron chi connectivity index (χ2n) is 3.96. The van der Waals surface area contributed by atoms with Crippen molar-refractivity contribution in [2.75, 3.05) is 14.2 Å². The summed E-state index contributed by atoms with van der Waals surface area (Å²) in [4.78, 5) is 0. The van der Waals surface area contributed by atoms with Crippen molar-refractivity contribution in [2.24, 2.45) is 7.05 Å². The van der Waals surface area contributed by atoms with Crippen molar-refractivity contribution in [3.05, 3.63) is 34.4 Å². The summed E-state index contributed by atoms with van der Waals surface area (Å²) in [6.07, 6.45) is 0. The van der Waals surface area contributed by atoms with Gasteiger partial charge in [-0.2, -0.15) is 5.10 Å². The third kappa shape index (κ3) is 2.28. The Labute approximate surface area is 115 Å². The van der Waals surface area contributed by atoms with E-state index >= 15 is 0 Å². The Balaban J connectivity index is 2.54. The number of nitrogens with zero attached hydrogens (tertiary/aromatic N) is 2. The number of nitrogens with one attached hydrogen (secondary N) is 1.